The molecule has 0 amide bonds. The monoisotopic (exact) mass is 510 g/mol. The van der Waals surface area contributed by atoms with Gasteiger partial charge in [0.15, 0.2) is 0 Å². The van der Waals surface area contributed by atoms with Crippen molar-refractivity contribution < 1.29 is 17.6 Å². The van der Waals surface area contributed by atoms with Gasteiger partial charge in [-0.05, 0) is 31.5 Å². The van der Waals surface area contributed by atoms with Crippen molar-refractivity contribution in [3.63, 3.8) is 0 Å². The molecule has 1 saturated carbocycles. The van der Waals surface area contributed by atoms with Gasteiger partial charge in [0.25, 0.3) is 0 Å². The number of nitrogens with one attached hydrogen (secondary N) is 1. The predicted molar refractivity (Wildman–Crippen MR) is 138 cm³/mol. The molecule has 188 valence electrons. The number of halogens is 1. The molecule has 0 unspecified atom stereocenters. The number of anilines is 3. The zero-order valence-electron chi connectivity index (χ0n) is 20.5. The Labute approximate surface area is 209 Å². The molecule has 1 aliphatic heterocycles. The second-order valence-corrected chi connectivity index (χ2v) is 11.5. The Morgan fingerprint density at radius 3 is 2.67 bits per heavy atom. The van der Waals surface area contributed by atoms with Crippen LogP contribution in [0.1, 0.15) is 24.7 Å². The van der Waals surface area contributed by atoms with Gasteiger partial charge >= 0.3 is 0 Å². The van der Waals surface area contributed by atoms with Crippen LogP contribution in [0.2, 0.25) is 0 Å². The Hall–Kier alpha value is -3.60. The summed E-state index contributed by atoms with van der Waals surface area (Å²) in [4.78, 5) is 25.8. The molecule has 11 heteroatoms. The van der Waals surface area contributed by atoms with Crippen LogP contribution in [-0.2, 0) is 34.7 Å². The van der Waals surface area contributed by atoms with E-state index >= 15 is 0 Å². The molecule has 0 radical (unpaired) electrons. The first kappa shape index (κ1) is 24.1. The molecule has 5 rings (SSSR count). The Morgan fingerprint density at radius 2 is 2.03 bits per heavy atom. The average Bonchev–Trinajstić information content (AvgIpc) is 3.19. The summed E-state index contributed by atoms with van der Waals surface area (Å²) in [6, 6.07) is 7.22. The molecule has 36 heavy (non-hydrogen) atoms. The molecule has 0 spiro atoms. The van der Waals surface area contributed by atoms with E-state index in [0.717, 1.165) is 28.9 Å². The molecule has 9 nitrogen and oxygen atoms in total. The van der Waals surface area contributed by atoms with Crippen molar-refractivity contribution >= 4 is 44.3 Å². The molecule has 3 heterocycles. The third kappa shape index (κ3) is 4.62. The van der Waals surface area contributed by atoms with Gasteiger partial charge in [-0.3, -0.25) is 19.1 Å². The molecule has 3 aromatic rings. The maximum Gasteiger partial charge on any atom is 0.232 e. The highest BCUT2D eigenvalue weighted by molar-refractivity contribution is 7.92. The highest BCUT2D eigenvalue weighted by Gasteiger charge is 2.43. The highest BCUT2D eigenvalue weighted by Crippen LogP contribution is 2.41. The van der Waals surface area contributed by atoms with Gasteiger partial charge in [-0.2, -0.15) is 0 Å². The number of ketones is 1. The second kappa shape index (κ2) is 8.81. The minimum Gasteiger partial charge on any atom is -0.352 e. The quantitative estimate of drug-likeness (QED) is 0.495. The summed E-state index contributed by atoms with van der Waals surface area (Å²) in [5, 5.41) is 3.34. The van der Waals surface area contributed by atoms with Crippen LogP contribution < -0.4 is 9.62 Å². The lowest BCUT2D eigenvalue weighted by Crippen LogP contribution is -2.25. The minimum atomic E-state index is -3.57. The van der Waals surface area contributed by atoms with Crippen LogP contribution in [-0.4, -0.2) is 53.9 Å². The van der Waals surface area contributed by atoms with Gasteiger partial charge in [-0.15, -0.1) is 0 Å². The van der Waals surface area contributed by atoms with E-state index in [-0.39, 0.29) is 18.6 Å². The molecule has 2 aromatic heterocycles. The van der Waals surface area contributed by atoms with Gasteiger partial charge < -0.3 is 9.88 Å². The Bertz CT molecular complexity index is 1510. The number of rotatable bonds is 8. The first-order valence-electron chi connectivity index (χ1n) is 11.6. The van der Waals surface area contributed by atoms with Crippen molar-refractivity contribution in [2.45, 2.75) is 32.4 Å². The predicted octanol–water partition coefficient (Wildman–Crippen LogP) is 3.74. The summed E-state index contributed by atoms with van der Waals surface area (Å²) >= 11 is 0. The zero-order chi connectivity index (χ0) is 25.8. The maximum atomic E-state index is 13.4. The second-order valence-electron chi connectivity index (χ2n) is 9.46. The zero-order valence-corrected chi connectivity index (χ0v) is 21.3. The summed E-state index contributed by atoms with van der Waals surface area (Å²) in [7, 11) is -0.207. The average molecular weight is 511 g/mol. The van der Waals surface area contributed by atoms with Crippen molar-refractivity contribution in [1.82, 2.24) is 14.5 Å². The van der Waals surface area contributed by atoms with Crippen LogP contribution in [0.4, 0.5) is 27.1 Å². The lowest BCUT2D eigenvalue weighted by atomic mass is 10.1. The number of carbonyl (C=O) groups is 1. The van der Waals surface area contributed by atoms with Crippen molar-refractivity contribution in [3.8, 4) is 11.3 Å². The number of aryl methyl sites for hydroxylation is 1. The SMILES string of the molecule is CC1=Nc2c(Nc3ccc(-c4cncn4C)cc3N(C)S(C)(=O)=O)cc(CC(=O)[C@@H]3C[C@@H]3F)nc2C1. The Morgan fingerprint density at radius 1 is 1.28 bits per heavy atom. The van der Waals surface area contributed by atoms with Crippen molar-refractivity contribution in [3.05, 3.63) is 48.2 Å². The van der Waals surface area contributed by atoms with Crippen LogP contribution in [0.3, 0.4) is 0 Å². The van der Waals surface area contributed by atoms with E-state index in [0.29, 0.717) is 34.9 Å². The smallest absolute Gasteiger partial charge is 0.232 e. The number of aromatic nitrogens is 3. The number of carbonyl (C=O) groups excluding carboxylic acids is 1. The fraction of sp³-hybridized carbons (Fsp3) is 0.360. The van der Waals surface area contributed by atoms with Gasteiger partial charge in [-0.1, -0.05) is 6.07 Å². The first-order valence-corrected chi connectivity index (χ1v) is 13.4. The molecule has 0 saturated heterocycles. The lowest BCUT2D eigenvalue weighted by Gasteiger charge is -2.23. The fourth-order valence-corrected chi connectivity index (χ4v) is 4.89. The molecule has 2 atom stereocenters. The van der Waals surface area contributed by atoms with E-state index in [4.69, 9.17) is 0 Å². The number of alkyl halides is 1. The van der Waals surface area contributed by atoms with E-state index in [9.17, 15) is 17.6 Å². The molecule has 2 aliphatic rings. The number of fused-ring (bicyclic) bond motifs is 1. The standard InChI is InChI=1S/C25H27FN6O3S/c1-14-7-20-25(28-14)21(9-16(29-20)10-24(33)17-11-18(17)26)30-19-6-5-15(23-12-27-13-31(23)2)8-22(19)32(3)36(4,34)35/h5-6,8-9,12-13,17-18H,7,10-11H2,1-4H3,(H,29,30)/t17-,18+/m1/s1. The first-order chi connectivity index (χ1) is 17.0. The summed E-state index contributed by atoms with van der Waals surface area (Å²) in [6.07, 6.45) is 4.36. The van der Waals surface area contributed by atoms with Gasteiger partial charge in [-0.25, -0.2) is 17.8 Å². The summed E-state index contributed by atoms with van der Waals surface area (Å²) < 4.78 is 41.4. The molecule has 1 aliphatic carbocycles. The van der Waals surface area contributed by atoms with Gasteiger partial charge in [0, 0.05) is 38.2 Å². The summed E-state index contributed by atoms with van der Waals surface area (Å²) in [6.45, 7) is 1.90. The van der Waals surface area contributed by atoms with Crippen molar-refractivity contribution in [1.29, 1.82) is 0 Å². The largest absolute Gasteiger partial charge is 0.352 e. The van der Waals surface area contributed by atoms with Crippen LogP contribution in [0.15, 0.2) is 41.8 Å². The number of benzene rings is 1. The lowest BCUT2D eigenvalue weighted by molar-refractivity contribution is -0.120. The van der Waals surface area contributed by atoms with E-state index < -0.39 is 22.1 Å². The van der Waals surface area contributed by atoms with Crippen molar-refractivity contribution in [2.24, 2.45) is 18.0 Å². The third-order valence-electron chi connectivity index (χ3n) is 6.54. The van der Waals surface area contributed by atoms with Crippen LogP contribution in [0.25, 0.3) is 11.3 Å². The fourth-order valence-electron chi connectivity index (χ4n) is 4.38. The number of hydrogen-bond donors (Lipinski definition) is 1. The van der Waals surface area contributed by atoms with E-state index in [1.54, 1.807) is 30.7 Å². The van der Waals surface area contributed by atoms with Crippen LogP contribution >= 0.6 is 0 Å². The van der Waals surface area contributed by atoms with Crippen LogP contribution in [0, 0.1) is 5.92 Å². The third-order valence-corrected chi connectivity index (χ3v) is 7.73. The normalized spacial score (nSPS) is 18.5. The van der Waals surface area contributed by atoms with Gasteiger partial charge in [0.2, 0.25) is 10.0 Å². The summed E-state index contributed by atoms with van der Waals surface area (Å²) in [5.74, 6) is -0.696. The molecule has 1 N–H and O–H groups in total. The minimum absolute atomic E-state index is 0.0433. The van der Waals surface area contributed by atoms with Gasteiger partial charge in [0.05, 0.1) is 58.8 Å². The Balaban J connectivity index is 1.56. The van der Waals surface area contributed by atoms with E-state index in [2.05, 4.69) is 20.3 Å². The number of nitrogens with zero attached hydrogens (tertiary/aromatic N) is 5. The van der Waals surface area contributed by atoms with E-state index in [1.807, 2.05) is 24.6 Å². The topological polar surface area (TPSA) is 110 Å². The molecule has 1 fully saturated rings. The van der Waals surface area contributed by atoms with Crippen LogP contribution in [0.5, 0.6) is 0 Å². The number of Topliss-reactive ketones (excluding diaryl/α,β-unsaturated/α-hetero) is 1. The Kier molecular flexibility index (Phi) is 5.90. The van der Waals surface area contributed by atoms with Gasteiger partial charge in [0.1, 0.15) is 17.6 Å². The number of hydrogen-bond acceptors (Lipinski definition) is 7. The maximum absolute atomic E-state index is 13.4. The molecule has 0 bridgehead atoms. The molecular weight excluding hydrogens is 483 g/mol. The van der Waals surface area contributed by atoms with Crippen molar-refractivity contribution in [2.75, 3.05) is 22.9 Å². The molecule has 1 aromatic carbocycles. The van der Waals surface area contributed by atoms with E-state index in [1.165, 1.54) is 11.4 Å². The highest BCUT2D eigenvalue weighted by atomic mass is 32.2. The number of pyridine rings is 1. The number of aliphatic imine (C=N–C) groups is 1. The molecular formula is C25H27FN6O3S. The number of imidazole rings is 1. The summed E-state index contributed by atoms with van der Waals surface area (Å²) in [5.41, 5.74) is 6.05. The number of sulfonamides is 1.